The topological polar surface area (TPSA) is 81.2 Å². The lowest BCUT2D eigenvalue weighted by atomic mass is 10.3. The molecule has 0 aliphatic heterocycles. The second-order valence-corrected chi connectivity index (χ2v) is 5.41. The predicted octanol–water partition coefficient (Wildman–Crippen LogP) is 3.72. The zero-order valence-electron chi connectivity index (χ0n) is 10.6. The van der Waals surface area contributed by atoms with E-state index in [-0.39, 0.29) is 9.92 Å². The first-order chi connectivity index (χ1) is 9.61. The van der Waals surface area contributed by atoms with Gasteiger partial charge in [-0.1, -0.05) is 11.3 Å². The summed E-state index contributed by atoms with van der Waals surface area (Å²) in [4.78, 5) is 15.4. The minimum absolute atomic E-state index is 0.157. The highest BCUT2D eigenvalue weighted by Crippen LogP contribution is 2.25. The van der Waals surface area contributed by atoms with E-state index >= 15 is 0 Å². The SMILES string of the molecule is Cc1nc2cc(NCc3ccc([N+](=O)[O-])s3)ccc2o1. The quantitative estimate of drug-likeness (QED) is 0.584. The Morgan fingerprint density at radius 3 is 3.00 bits per heavy atom. The molecule has 2 aromatic heterocycles. The number of benzene rings is 1. The van der Waals surface area contributed by atoms with Gasteiger partial charge in [0, 0.05) is 30.1 Å². The van der Waals surface area contributed by atoms with Crippen molar-refractivity contribution in [2.24, 2.45) is 0 Å². The van der Waals surface area contributed by atoms with Gasteiger partial charge >= 0.3 is 5.00 Å². The van der Waals surface area contributed by atoms with Crippen LogP contribution in [0.15, 0.2) is 34.7 Å². The summed E-state index contributed by atoms with van der Waals surface area (Å²) in [6.45, 7) is 2.35. The number of oxazole rings is 1. The highest BCUT2D eigenvalue weighted by atomic mass is 32.1. The van der Waals surface area contributed by atoms with Crippen LogP contribution in [0.1, 0.15) is 10.8 Å². The molecule has 0 saturated heterocycles. The molecule has 3 aromatic rings. The van der Waals surface area contributed by atoms with Crippen LogP contribution in [0.2, 0.25) is 0 Å². The third-order valence-corrected chi connectivity index (χ3v) is 3.83. The number of fused-ring (bicyclic) bond motifs is 1. The van der Waals surface area contributed by atoms with Crippen LogP contribution in [0.25, 0.3) is 11.1 Å². The normalized spacial score (nSPS) is 10.8. The molecule has 0 unspecified atom stereocenters. The molecule has 1 aromatic carbocycles. The van der Waals surface area contributed by atoms with E-state index in [1.165, 1.54) is 17.4 Å². The number of nitro groups is 1. The minimum atomic E-state index is -0.377. The smallest absolute Gasteiger partial charge is 0.324 e. The first-order valence-electron chi connectivity index (χ1n) is 5.96. The van der Waals surface area contributed by atoms with E-state index in [1.54, 1.807) is 13.0 Å². The Balaban J connectivity index is 1.73. The van der Waals surface area contributed by atoms with Crippen LogP contribution in [0, 0.1) is 17.0 Å². The molecule has 0 atom stereocenters. The molecule has 0 fully saturated rings. The molecular formula is C13H11N3O3S. The van der Waals surface area contributed by atoms with E-state index in [0.29, 0.717) is 12.4 Å². The number of hydrogen-bond donors (Lipinski definition) is 1. The monoisotopic (exact) mass is 289 g/mol. The van der Waals surface area contributed by atoms with Gasteiger partial charge < -0.3 is 9.73 Å². The number of aryl methyl sites for hydroxylation is 1. The van der Waals surface area contributed by atoms with Gasteiger partial charge in [-0.2, -0.15) is 0 Å². The van der Waals surface area contributed by atoms with Crippen molar-refractivity contribution in [1.29, 1.82) is 0 Å². The lowest BCUT2D eigenvalue weighted by Gasteiger charge is -2.03. The van der Waals surface area contributed by atoms with E-state index in [2.05, 4.69) is 10.3 Å². The summed E-state index contributed by atoms with van der Waals surface area (Å²) in [5, 5.41) is 14.0. The van der Waals surface area contributed by atoms with E-state index in [4.69, 9.17) is 4.42 Å². The molecule has 0 radical (unpaired) electrons. The van der Waals surface area contributed by atoms with Crippen molar-refractivity contribution in [3.63, 3.8) is 0 Å². The first-order valence-corrected chi connectivity index (χ1v) is 6.77. The molecule has 102 valence electrons. The van der Waals surface area contributed by atoms with Crippen LogP contribution in [0.5, 0.6) is 0 Å². The average molecular weight is 289 g/mol. The van der Waals surface area contributed by atoms with Crippen molar-refractivity contribution in [3.8, 4) is 0 Å². The van der Waals surface area contributed by atoms with E-state index in [9.17, 15) is 10.1 Å². The molecule has 0 saturated carbocycles. The molecule has 0 aliphatic carbocycles. The molecule has 0 amide bonds. The number of rotatable bonds is 4. The molecule has 6 nitrogen and oxygen atoms in total. The molecule has 0 spiro atoms. The molecule has 20 heavy (non-hydrogen) atoms. The fourth-order valence-corrected chi connectivity index (χ4v) is 2.66. The van der Waals surface area contributed by atoms with Crippen molar-refractivity contribution in [2.75, 3.05) is 5.32 Å². The summed E-state index contributed by atoms with van der Waals surface area (Å²) in [7, 11) is 0. The zero-order chi connectivity index (χ0) is 14.1. The van der Waals surface area contributed by atoms with Crippen LogP contribution >= 0.6 is 11.3 Å². The second-order valence-electron chi connectivity index (χ2n) is 4.27. The Bertz CT molecular complexity index is 778. The maximum atomic E-state index is 10.6. The number of hydrogen-bond acceptors (Lipinski definition) is 6. The molecule has 3 rings (SSSR count). The molecular weight excluding hydrogens is 278 g/mol. The number of thiophene rings is 1. The highest BCUT2D eigenvalue weighted by molar-refractivity contribution is 7.15. The number of aromatic nitrogens is 1. The van der Waals surface area contributed by atoms with E-state index in [0.717, 1.165) is 21.7 Å². The summed E-state index contributed by atoms with van der Waals surface area (Å²) in [6, 6.07) is 8.93. The number of nitrogens with zero attached hydrogens (tertiary/aromatic N) is 2. The van der Waals surface area contributed by atoms with Crippen molar-refractivity contribution >= 4 is 33.1 Å². The molecule has 7 heteroatoms. The van der Waals surface area contributed by atoms with E-state index < -0.39 is 0 Å². The Morgan fingerprint density at radius 1 is 1.40 bits per heavy atom. The molecule has 2 heterocycles. The van der Waals surface area contributed by atoms with Crippen molar-refractivity contribution in [1.82, 2.24) is 4.98 Å². The third kappa shape index (κ3) is 2.48. The lowest BCUT2D eigenvalue weighted by molar-refractivity contribution is -0.380. The summed E-state index contributed by atoms with van der Waals surface area (Å²) in [5.74, 6) is 0.631. The van der Waals surface area contributed by atoms with Gasteiger partial charge in [0.15, 0.2) is 11.5 Å². The predicted molar refractivity (Wildman–Crippen MR) is 77.0 cm³/mol. The van der Waals surface area contributed by atoms with Gasteiger partial charge in [-0.05, 0) is 24.3 Å². The third-order valence-electron chi connectivity index (χ3n) is 2.79. The van der Waals surface area contributed by atoms with Gasteiger partial charge in [-0.25, -0.2) is 4.98 Å². The van der Waals surface area contributed by atoms with Gasteiger partial charge in [0.25, 0.3) is 0 Å². The van der Waals surface area contributed by atoms with Crippen molar-refractivity contribution in [2.45, 2.75) is 13.5 Å². The number of nitrogens with one attached hydrogen (secondary N) is 1. The van der Waals surface area contributed by atoms with Gasteiger partial charge in [0.05, 0.1) is 4.92 Å². The van der Waals surface area contributed by atoms with Crippen LogP contribution in [0.3, 0.4) is 0 Å². The highest BCUT2D eigenvalue weighted by Gasteiger charge is 2.09. The number of anilines is 1. The largest absolute Gasteiger partial charge is 0.441 e. The van der Waals surface area contributed by atoms with Gasteiger partial charge in [0.1, 0.15) is 5.52 Å². The fraction of sp³-hybridized carbons (Fsp3) is 0.154. The Labute approximate surface area is 118 Å². The van der Waals surface area contributed by atoms with Crippen LogP contribution in [-0.4, -0.2) is 9.91 Å². The van der Waals surface area contributed by atoms with Crippen LogP contribution in [0.4, 0.5) is 10.7 Å². The molecule has 0 aliphatic rings. The van der Waals surface area contributed by atoms with Crippen molar-refractivity contribution in [3.05, 3.63) is 51.2 Å². The van der Waals surface area contributed by atoms with E-state index in [1.807, 2.05) is 18.2 Å². The summed E-state index contributed by atoms with van der Waals surface area (Å²) in [5.41, 5.74) is 2.45. The summed E-state index contributed by atoms with van der Waals surface area (Å²) >= 11 is 1.17. The first kappa shape index (κ1) is 12.6. The maximum Gasteiger partial charge on any atom is 0.324 e. The van der Waals surface area contributed by atoms with Crippen LogP contribution < -0.4 is 5.32 Å². The van der Waals surface area contributed by atoms with Crippen molar-refractivity contribution < 1.29 is 9.34 Å². The summed E-state index contributed by atoms with van der Waals surface area (Å²) < 4.78 is 5.40. The van der Waals surface area contributed by atoms with Gasteiger partial charge in [0.2, 0.25) is 0 Å². The Hall–Kier alpha value is -2.41. The van der Waals surface area contributed by atoms with Crippen LogP contribution in [-0.2, 0) is 6.54 Å². The Kier molecular flexibility index (Phi) is 3.11. The standard InChI is InChI=1S/C13H11N3O3S/c1-8-15-11-6-9(2-4-12(11)19-8)14-7-10-3-5-13(20-10)16(17)18/h2-6,14H,7H2,1H3. The Morgan fingerprint density at radius 2 is 2.25 bits per heavy atom. The average Bonchev–Trinajstić information content (AvgIpc) is 3.00. The molecule has 0 bridgehead atoms. The zero-order valence-corrected chi connectivity index (χ0v) is 11.4. The van der Waals surface area contributed by atoms with Gasteiger partial charge in [-0.3, -0.25) is 10.1 Å². The summed E-state index contributed by atoms with van der Waals surface area (Å²) in [6.07, 6.45) is 0. The molecule has 1 N–H and O–H groups in total. The fourth-order valence-electron chi connectivity index (χ4n) is 1.90. The second kappa shape index (κ2) is 4.93. The minimum Gasteiger partial charge on any atom is -0.441 e. The maximum absolute atomic E-state index is 10.6. The lowest BCUT2D eigenvalue weighted by Crippen LogP contribution is -1.96. The van der Waals surface area contributed by atoms with Gasteiger partial charge in [-0.15, -0.1) is 0 Å².